The molecule has 4 aromatic rings. The quantitative estimate of drug-likeness (QED) is 0.326. The van der Waals surface area contributed by atoms with Gasteiger partial charge in [0.2, 0.25) is 0 Å². The molecule has 2 aromatic carbocycles. The van der Waals surface area contributed by atoms with Gasteiger partial charge < -0.3 is 14.5 Å². The minimum Gasteiger partial charge on any atom is -0.495 e. The molecular formula is C22H14ClN3O3S. The molecule has 0 radical (unpaired) electrons. The molecule has 0 spiro atoms. The molecule has 0 saturated heterocycles. The van der Waals surface area contributed by atoms with Crippen molar-refractivity contribution in [1.29, 1.82) is 5.26 Å². The van der Waals surface area contributed by atoms with Crippen molar-refractivity contribution in [2.24, 2.45) is 0 Å². The van der Waals surface area contributed by atoms with Crippen LogP contribution in [-0.4, -0.2) is 12.1 Å². The fourth-order valence-electron chi connectivity index (χ4n) is 2.85. The Morgan fingerprint density at radius 3 is 2.93 bits per heavy atom. The van der Waals surface area contributed by atoms with E-state index in [0.29, 0.717) is 43.9 Å². The lowest BCUT2D eigenvalue weighted by atomic mass is 10.1. The van der Waals surface area contributed by atoms with Gasteiger partial charge in [-0.3, -0.25) is 0 Å². The lowest BCUT2D eigenvalue weighted by molar-refractivity contribution is 0.417. The summed E-state index contributed by atoms with van der Waals surface area (Å²) in [6.07, 6.45) is 1.53. The SMILES string of the molecule is COc1ccc(Cl)cc1N/C=C(/C#N)c1nc(-c2cc3ccccc3oc2=O)cs1. The Kier molecular flexibility index (Phi) is 5.53. The number of hydrogen-bond acceptors (Lipinski definition) is 7. The van der Waals surface area contributed by atoms with Crippen LogP contribution in [0.2, 0.25) is 5.02 Å². The van der Waals surface area contributed by atoms with Gasteiger partial charge in [-0.25, -0.2) is 9.78 Å². The standard InChI is InChI=1S/C22H14ClN3O3S/c1-28-20-7-6-15(23)9-17(20)25-11-14(10-24)21-26-18(12-30-21)16-8-13-4-2-3-5-19(13)29-22(16)27/h2-9,11-12,25H,1H3/b14-11-. The van der Waals surface area contributed by atoms with Crippen LogP contribution in [0.25, 0.3) is 27.8 Å². The van der Waals surface area contributed by atoms with Gasteiger partial charge in [0, 0.05) is 22.0 Å². The van der Waals surface area contributed by atoms with E-state index in [1.807, 2.05) is 12.1 Å². The van der Waals surface area contributed by atoms with E-state index in [0.717, 1.165) is 5.39 Å². The van der Waals surface area contributed by atoms with E-state index in [4.69, 9.17) is 20.8 Å². The first-order valence-corrected chi connectivity index (χ1v) is 10.0. The number of allylic oxidation sites excluding steroid dienone is 1. The van der Waals surface area contributed by atoms with Gasteiger partial charge in [-0.05, 0) is 30.3 Å². The normalized spacial score (nSPS) is 11.3. The first kappa shape index (κ1) is 19.7. The minimum absolute atomic E-state index is 0.304. The molecule has 1 N–H and O–H groups in total. The molecule has 30 heavy (non-hydrogen) atoms. The Labute approximate surface area is 180 Å². The Balaban J connectivity index is 1.67. The number of halogens is 1. The Morgan fingerprint density at radius 1 is 1.30 bits per heavy atom. The second-order valence-electron chi connectivity index (χ2n) is 6.18. The summed E-state index contributed by atoms with van der Waals surface area (Å²) in [6.45, 7) is 0. The number of aromatic nitrogens is 1. The van der Waals surface area contributed by atoms with Crippen LogP contribution in [0, 0.1) is 11.3 Å². The molecule has 0 saturated carbocycles. The fourth-order valence-corrected chi connectivity index (χ4v) is 3.80. The van der Waals surface area contributed by atoms with Gasteiger partial charge >= 0.3 is 5.63 Å². The van der Waals surface area contributed by atoms with Crippen LogP contribution < -0.4 is 15.7 Å². The number of ether oxygens (including phenoxy) is 1. The monoisotopic (exact) mass is 435 g/mol. The second-order valence-corrected chi connectivity index (χ2v) is 7.48. The van der Waals surface area contributed by atoms with Crippen LogP contribution in [-0.2, 0) is 0 Å². The smallest absolute Gasteiger partial charge is 0.345 e. The third-order valence-corrected chi connectivity index (χ3v) is 5.42. The Morgan fingerprint density at radius 2 is 2.13 bits per heavy atom. The van der Waals surface area contributed by atoms with Crippen molar-refractivity contribution < 1.29 is 9.15 Å². The van der Waals surface area contributed by atoms with E-state index < -0.39 is 5.63 Å². The van der Waals surface area contributed by atoms with E-state index in [1.54, 1.807) is 48.9 Å². The third kappa shape index (κ3) is 3.92. The maximum atomic E-state index is 12.4. The van der Waals surface area contributed by atoms with E-state index in [2.05, 4.69) is 16.4 Å². The van der Waals surface area contributed by atoms with Crippen LogP contribution in [0.1, 0.15) is 5.01 Å². The zero-order valence-corrected chi connectivity index (χ0v) is 17.3. The van der Waals surface area contributed by atoms with Crippen molar-refractivity contribution in [3.63, 3.8) is 0 Å². The Bertz CT molecular complexity index is 1370. The average Bonchev–Trinajstić information content (AvgIpc) is 3.23. The van der Waals surface area contributed by atoms with Crippen molar-refractivity contribution in [3.8, 4) is 23.1 Å². The molecule has 0 bridgehead atoms. The molecule has 0 aliphatic rings. The number of fused-ring (bicyclic) bond motifs is 1. The predicted molar refractivity (Wildman–Crippen MR) is 119 cm³/mol. The summed E-state index contributed by atoms with van der Waals surface area (Å²) in [6, 6.07) is 16.3. The van der Waals surface area contributed by atoms with E-state index in [1.165, 1.54) is 17.5 Å². The number of nitriles is 1. The van der Waals surface area contributed by atoms with Gasteiger partial charge in [0.05, 0.1) is 24.1 Å². The number of rotatable bonds is 5. The highest BCUT2D eigenvalue weighted by molar-refractivity contribution is 7.11. The van der Waals surface area contributed by atoms with Gasteiger partial charge in [0.15, 0.2) is 0 Å². The average molecular weight is 436 g/mol. The topological polar surface area (TPSA) is 88.2 Å². The highest BCUT2D eigenvalue weighted by Crippen LogP contribution is 2.30. The molecule has 6 nitrogen and oxygen atoms in total. The third-order valence-electron chi connectivity index (χ3n) is 4.31. The summed E-state index contributed by atoms with van der Waals surface area (Å²) < 4.78 is 10.7. The van der Waals surface area contributed by atoms with Crippen molar-refractivity contribution >= 4 is 45.2 Å². The highest BCUT2D eigenvalue weighted by atomic mass is 35.5. The zero-order chi connectivity index (χ0) is 21.1. The maximum absolute atomic E-state index is 12.4. The number of nitrogens with one attached hydrogen (secondary N) is 1. The summed E-state index contributed by atoms with van der Waals surface area (Å²) in [4.78, 5) is 16.8. The molecule has 0 aliphatic carbocycles. The van der Waals surface area contributed by atoms with Gasteiger partial charge in [-0.1, -0.05) is 29.8 Å². The fraction of sp³-hybridized carbons (Fsp3) is 0.0455. The molecule has 2 aromatic heterocycles. The van der Waals surface area contributed by atoms with Crippen LogP contribution in [0.3, 0.4) is 0 Å². The van der Waals surface area contributed by atoms with E-state index in [-0.39, 0.29) is 0 Å². The number of hydrogen-bond donors (Lipinski definition) is 1. The number of anilines is 1. The molecule has 0 atom stereocenters. The number of nitrogens with zero attached hydrogens (tertiary/aromatic N) is 2. The van der Waals surface area contributed by atoms with Gasteiger partial charge in [-0.15, -0.1) is 11.3 Å². The zero-order valence-electron chi connectivity index (χ0n) is 15.7. The molecule has 0 unspecified atom stereocenters. The summed E-state index contributed by atoms with van der Waals surface area (Å²) in [7, 11) is 1.55. The molecule has 0 aliphatic heterocycles. The summed E-state index contributed by atoms with van der Waals surface area (Å²) in [5, 5.41) is 16.1. The van der Waals surface area contributed by atoms with E-state index >= 15 is 0 Å². The molecule has 8 heteroatoms. The summed E-state index contributed by atoms with van der Waals surface area (Å²) in [5.74, 6) is 0.585. The van der Waals surface area contributed by atoms with Crippen molar-refractivity contribution in [1.82, 2.24) is 4.98 Å². The maximum Gasteiger partial charge on any atom is 0.345 e. The van der Waals surface area contributed by atoms with Crippen LogP contribution >= 0.6 is 22.9 Å². The largest absolute Gasteiger partial charge is 0.495 e. The predicted octanol–water partition coefficient (Wildman–Crippen LogP) is 5.56. The minimum atomic E-state index is -0.477. The van der Waals surface area contributed by atoms with Gasteiger partial charge in [-0.2, -0.15) is 5.26 Å². The first-order valence-electron chi connectivity index (χ1n) is 8.78. The lowest BCUT2D eigenvalue weighted by Gasteiger charge is -2.08. The number of para-hydroxylation sites is 1. The van der Waals surface area contributed by atoms with Crippen molar-refractivity contribution in [3.05, 3.63) is 80.6 Å². The van der Waals surface area contributed by atoms with E-state index in [9.17, 15) is 10.1 Å². The summed E-state index contributed by atoms with van der Waals surface area (Å²) >= 11 is 7.30. The molecule has 0 amide bonds. The molecule has 4 rings (SSSR count). The van der Waals surface area contributed by atoms with Crippen LogP contribution in [0.5, 0.6) is 5.75 Å². The van der Waals surface area contributed by atoms with Crippen LogP contribution in [0.4, 0.5) is 5.69 Å². The van der Waals surface area contributed by atoms with Gasteiger partial charge in [0.1, 0.15) is 28.0 Å². The number of thiazole rings is 1. The second kappa shape index (κ2) is 8.41. The highest BCUT2D eigenvalue weighted by Gasteiger charge is 2.14. The Hall–Kier alpha value is -3.60. The van der Waals surface area contributed by atoms with Crippen molar-refractivity contribution in [2.45, 2.75) is 0 Å². The number of methoxy groups -OCH3 is 1. The van der Waals surface area contributed by atoms with Gasteiger partial charge in [0.25, 0.3) is 0 Å². The molecule has 0 fully saturated rings. The number of benzene rings is 2. The molecular weight excluding hydrogens is 422 g/mol. The molecule has 2 heterocycles. The van der Waals surface area contributed by atoms with Crippen LogP contribution in [0.15, 0.2) is 69.3 Å². The van der Waals surface area contributed by atoms with Crippen molar-refractivity contribution in [2.75, 3.05) is 12.4 Å². The lowest BCUT2D eigenvalue weighted by Crippen LogP contribution is -2.02. The first-order chi connectivity index (χ1) is 14.6. The summed E-state index contributed by atoms with van der Waals surface area (Å²) in [5.41, 5.74) is 1.76. The molecule has 148 valence electrons.